The summed E-state index contributed by atoms with van der Waals surface area (Å²) in [6.45, 7) is 1.47. The highest BCUT2D eigenvalue weighted by Gasteiger charge is 2.31. The van der Waals surface area contributed by atoms with Gasteiger partial charge in [-0.3, -0.25) is 4.79 Å². The Hall–Kier alpha value is -1.75. The number of carboxylic acids is 1. The summed E-state index contributed by atoms with van der Waals surface area (Å²) in [4.78, 5) is 25.3. The molecule has 2 aliphatic rings. The van der Waals surface area contributed by atoms with Gasteiger partial charge in [0.25, 0.3) is 0 Å². The first-order chi connectivity index (χ1) is 11.5. The zero-order valence-corrected chi connectivity index (χ0v) is 14.3. The number of aliphatic carboxylic acids is 1. The molecule has 24 heavy (non-hydrogen) atoms. The van der Waals surface area contributed by atoms with Crippen molar-refractivity contribution < 1.29 is 14.7 Å². The van der Waals surface area contributed by atoms with Gasteiger partial charge in [-0.15, -0.1) is 0 Å². The number of nitrogens with one attached hydrogen (secondary N) is 1. The van der Waals surface area contributed by atoms with Crippen LogP contribution >= 0.6 is 11.6 Å². The second-order valence-corrected chi connectivity index (χ2v) is 7.26. The van der Waals surface area contributed by atoms with Crippen LogP contribution in [0.2, 0.25) is 5.02 Å². The molecule has 6 heteroatoms. The Morgan fingerprint density at radius 2 is 1.75 bits per heavy atom. The number of hydrogen-bond donors (Lipinski definition) is 2. The van der Waals surface area contributed by atoms with E-state index in [9.17, 15) is 9.59 Å². The lowest BCUT2D eigenvalue weighted by Crippen LogP contribution is -2.45. The Labute approximate surface area is 147 Å². The molecule has 1 aliphatic heterocycles. The molecule has 0 bridgehead atoms. The number of nitrogens with zero attached hydrogens (tertiary/aromatic N) is 1. The predicted molar refractivity (Wildman–Crippen MR) is 92.3 cm³/mol. The Bertz CT molecular complexity index is 597. The van der Waals surface area contributed by atoms with E-state index in [0.29, 0.717) is 18.8 Å². The van der Waals surface area contributed by atoms with Crippen molar-refractivity contribution in [3.63, 3.8) is 0 Å². The number of rotatable bonds is 3. The SMILES string of the molecule is O=C(O)C1CCC(NC(=O)N2CCC(c3ccc(Cl)cc3)C2)CC1. The van der Waals surface area contributed by atoms with Gasteiger partial charge in [0.15, 0.2) is 0 Å². The van der Waals surface area contributed by atoms with Crippen molar-refractivity contribution in [2.45, 2.75) is 44.1 Å². The first kappa shape index (κ1) is 17.1. The average molecular weight is 351 g/mol. The molecule has 2 amide bonds. The molecule has 2 N–H and O–H groups in total. The lowest BCUT2D eigenvalue weighted by atomic mass is 9.86. The van der Waals surface area contributed by atoms with Gasteiger partial charge < -0.3 is 15.3 Å². The van der Waals surface area contributed by atoms with Crippen LogP contribution in [0, 0.1) is 5.92 Å². The summed E-state index contributed by atoms with van der Waals surface area (Å²) in [6.07, 6.45) is 3.75. The van der Waals surface area contributed by atoms with E-state index in [-0.39, 0.29) is 18.0 Å². The van der Waals surface area contributed by atoms with E-state index < -0.39 is 5.97 Å². The van der Waals surface area contributed by atoms with Gasteiger partial charge in [-0.05, 0) is 49.8 Å². The predicted octanol–water partition coefficient (Wildman–Crippen LogP) is 3.48. The van der Waals surface area contributed by atoms with Crippen LogP contribution in [0.25, 0.3) is 0 Å². The van der Waals surface area contributed by atoms with Crippen molar-refractivity contribution in [2.24, 2.45) is 5.92 Å². The fourth-order valence-corrected chi connectivity index (χ4v) is 3.83. The monoisotopic (exact) mass is 350 g/mol. The number of benzene rings is 1. The molecule has 0 aromatic heterocycles. The number of urea groups is 1. The fourth-order valence-electron chi connectivity index (χ4n) is 3.70. The lowest BCUT2D eigenvalue weighted by Gasteiger charge is -2.28. The molecule has 1 heterocycles. The van der Waals surface area contributed by atoms with Crippen LogP contribution < -0.4 is 5.32 Å². The van der Waals surface area contributed by atoms with Crippen molar-refractivity contribution in [2.75, 3.05) is 13.1 Å². The van der Waals surface area contributed by atoms with Gasteiger partial charge in [0.05, 0.1) is 5.92 Å². The second-order valence-electron chi connectivity index (χ2n) is 6.82. The number of carboxylic acid groups (broad SMARTS) is 1. The topological polar surface area (TPSA) is 69.6 Å². The third-order valence-corrected chi connectivity index (χ3v) is 5.47. The van der Waals surface area contributed by atoms with Crippen LogP contribution in [-0.4, -0.2) is 41.1 Å². The first-order valence-corrected chi connectivity index (χ1v) is 8.94. The van der Waals surface area contributed by atoms with Gasteiger partial charge in [-0.1, -0.05) is 23.7 Å². The maximum Gasteiger partial charge on any atom is 0.317 e. The van der Waals surface area contributed by atoms with Gasteiger partial charge in [-0.2, -0.15) is 0 Å². The number of carbonyl (C=O) groups is 2. The zero-order valence-electron chi connectivity index (χ0n) is 13.6. The summed E-state index contributed by atoms with van der Waals surface area (Å²) in [5, 5.41) is 12.8. The first-order valence-electron chi connectivity index (χ1n) is 8.56. The molecule has 1 saturated carbocycles. The summed E-state index contributed by atoms with van der Waals surface area (Å²) in [5.41, 5.74) is 1.22. The third-order valence-electron chi connectivity index (χ3n) is 5.22. The zero-order chi connectivity index (χ0) is 17.1. The molecule has 0 spiro atoms. The molecule has 1 aromatic rings. The van der Waals surface area contributed by atoms with Crippen LogP contribution in [0.3, 0.4) is 0 Å². The molecule has 3 rings (SSSR count). The maximum atomic E-state index is 12.4. The van der Waals surface area contributed by atoms with E-state index in [1.165, 1.54) is 5.56 Å². The van der Waals surface area contributed by atoms with Gasteiger partial charge in [0, 0.05) is 30.1 Å². The molecule has 1 aromatic carbocycles. The highest BCUT2D eigenvalue weighted by Crippen LogP contribution is 2.29. The van der Waals surface area contributed by atoms with Gasteiger partial charge in [-0.25, -0.2) is 4.79 Å². The van der Waals surface area contributed by atoms with Crippen molar-refractivity contribution in [1.29, 1.82) is 0 Å². The number of likely N-dealkylation sites (tertiary alicyclic amines) is 1. The fraction of sp³-hybridized carbons (Fsp3) is 0.556. The number of halogens is 1. The summed E-state index contributed by atoms with van der Waals surface area (Å²) in [5.74, 6) is -0.611. The quantitative estimate of drug-likeness (QED) is 0.876. The Morgan fingerprint density at radius 3 is 2.38 bits per heavy atom. The summed E-state index contributed by atoms with van der Waals surface area (Å²) >= 11 is 5.92. The minimum Gasteiger partial charge on any atom is -0.481 e. The molecule has 2 fully saturated rings. The van der Waals surface area contributed by atoms with Gasteiger partial charge >= 0.3 is 12.0 Å². The van der Waals surface area contributed by atoms with Crippen molar-refractivity contribution >= 4 is 23.6 Å². The molecule has 1 atom stereocenters. The van der Waals surface area contributed by atoms with Crippen molar-refractivity contribution in [3.05, 3.63) is 34.9 Å². The summed E-state index contributed by atoms with van der Waals surface area (Å²) < 4.78 is 0. The molecular formula is C18H23ClN2O3. The molecule has 1 saturated heterocycles. The molecule has 5 nitrogen and oxygen atoms in total. The summed E-state index contributed by atoms with van der Waals surface area (Å²) in [6, 6.07) is 7.91. The van der Waals surface area contributed by atoms with Gasteiger partial charge in [0.2, 0.25) is 0 Å². The minimum atomic E-state index is -0.717. The Kier molecular flexibility index (Phi) is 5.29. The van der Waals surface area contributed by atoms with Crippen LogP contribution in [0.1, 0.15) is 43.6 Å². The smallest absolute Gasteiger partial charge is 0.317 e. The standard InChI is InChI=1S/C18H23ClN2O3/c19-15-5-1-12(2-6-15)14-9-10-21(11-14)18(24)20-16-7-3-13(4-8-16)17(22)23/h1-2,5-6,13-14,16H,3-4,7-11H2,(H,20,24)(H,22,23). The molecule has 1 unspecified atom stereocenters. The van der Waals surface area contributed by atoms with E-state index >= 15 is 0 Å². The summed E-state index contributed by atoms with van der Waals surface area (Å²) in [7, 11) is 0. The van der Waals surface area contributed by atoms with Crippen LogP contribution in [0.4, 0.5) is 4.79 Å². The highest BCUT2D eigenvalue weighted by molar-refractivity contribution is 6.30. The van der Waals surface area contributed by atoms with E-state index in [4.69, 9.17) is 16.7 Å². The second kappa shape index (κ2) is 7.43. The van der Waals surface area contributed by atoms with E-state index in [1.807, 2.05) is 29.2 Å². The molecule has 1 aliphatic carbocycles. The van der Waals surface area contributed by atoms with E-state index in [0.717, 1.165) is 37.4 Å². The highest BCUT2D eigenvalue weighted by atomic mass is 35.5. The Balaban J connectivity index is 1.48. The van der Waals surface area contributed by atoms with Crippen LogP contribution in [0.15, 0.2) is 24.3 Å². The van der Waals surface area contributed by atoms with Crippen LogP contribution in [0.5, 0.6) is 0 Å². The molecule has 0 radical (unpaired) electrons. The van der Waals surface area contributed by atoms with E-state index in [2.05, 4.69) is 5.32 Å². The van der Waals surface area contributed by atoms with Crippen molar-refractivity contribution in [1.82, 2.24) is 10.2 Å². The number of hydrogen-bond acceptors (Lipinski definition) is 2. The minimum absolute atomic E-state index is 0.0229. The third kappa shape index (κ3) is 4.01. The van der Waals surface area contributed by atoms with Crippen molar-refractivity contribution in [3.8, 4) is 0 Å². The average Bonchev–Trinajstić information content (AvgIpc) is 3.06. The Morgan fingerprint density at radius 1 is 1.08 bits per heavy atom. The van der Waals surface area contributed by atoms with Gasteiger partial charge in [0.1, 0.15) is 0 Å². The number of carbonyl (C=O) groups excluding carboxylic acids is 1. The molecule has 130 valence electrons. The molecular weight excluding hydrogens is 328 g/mol. The number of amides is 2. The lowest BCUT2D eigenvalue weighted by molar-refractivity contribution is -0.142. The maximum absolute atomic E-state index is 12.4. The largest absolute Gasteiger partial charge is 0.481 e. The van der Waals surface area contributed by atoms with E-state index in [1.54, 1.807) is 0 Å². The van der Waals surface area contributed by atoms with Crippen LogP contribution in [-0.2, 0) is 4.79 Å². The normalized spacial score (nSPS) is 27.0.